The van der Waals surface area contributed by atoms with Crippen LogP contribution in [0.3, 0.4) is 0 Å². The molecule has 1 aliphatic rings. The third kappa shape index (κ3) is 3.16. The smallest absolute Gasteiger partial charge is 0.0362 e. The summed E-state index contributed by atoms with van der Waals surface area (Å²) in [6, 6.07) is 0. The molecule has 64 valence electrons. The average molecular weight is 173 g/mol. The van der Waals surface area contributed by atoms with Crippen LogP contribution in [0.4, 0.5) is 0 Å². The second-order valence-electron chi connectivity index (χ2n) is 2.79. The lowest BCUT2D eigenvalue weighted by atomic mass is 10.4. The summed E-state index contributed by atoms with van der Waals surface area (Å²) in [6.45, 7) is 6.68. The van der Waals surface area contributed by atoms with E-state index in [1.807, 2.05) is 6.08 Å². The van der Waals surface area contributed by atoms with Gasteiger partial charge in [0.05, 0.1) is 0 Å². The van der Waals surface area contributed by atoms with Gasteiger partial charge in [-0.15, -0.1) is 6.58 Å². The number of nitrogens with zero attached hydrogens (tertiary/aromatic N) is 1. The standard InChI is InChI=1S/C8H15NOS/c1-2-4-9-5-3-7-11(10)8-6-9/h2H,1,3-8H2. The molecule has 0 saturated carbocycles. The Hall–Kier alpha value is -0.150. The van der Waals surface area contributed by atoms with Crippen molar-refractivity contribution in [3.8, 4) is 0 Å². The molecular formula is C8H15NOS. The van der Waals surface area contributed by atoms with Gasteiger partial charge in [-0.05, 0) is 13.0 Å². The predicted molar refractivity (Wildman–Crippen MR) is 49.1 cm³/mol. The fourth-order valence-corrected chi connectivity index (χ4v) is 2.38. The minimum absolute atomic E-state index is 0.558. The van der Waals surface area contributed by atoms with Crippen molar-refractivity contribution in [2.24, 2.45) is 0 Å². The molecule has 0 bridgehead atoms. The van der Waals surface area contributed by atoms with Crippen molar-refractivity contribution >= 4 is 10.8 Å². The third-order valence-electron chi connectivity index (χ3n) is 1.87. The maximum Gasteiger partial charge on any atom is 0.0362 e. The van der Waals surface area contributed by atoms with E-state index < -0.39 is 10.8 Å². The van der Waals surface area contributed by atoms with Crippen molar-refractivity contribution < 1.29 is 4.21 Å². The lowest BCUT2D eigenvalue weighted by Crippen LogP contribution is -2.26. The van der Waals surface area contributed by atoms with E-state index in [1.165, 1.54) is 0 Å². The molecule has 11 heavy (non-hydrogen) atoms. The zero-order valence-corrected chi connectivity index (χ0v) is 7.61. The number of hydrogen-bond acceptors (Lipinski definition) is 2. The summed E-state index contributed by atoms with van der Waals surface area (Å²) < 4.78 is 11.1. The van der Waals surface area contributed by atoms with Crippen LogP contribution in [0.15, 0.2) is 12.7 Å². The Balaban J connectivity index is 2.33. The van der Waals surface area contributed by atoms with E-state index in [0.717, 1.165) is 37.6 Å². The number of hydrogen-bond donors (Lipinski definition) is 0. The monoisotopic (exact) mass is 173 g/mol. The van der Waals surface area contributed by atoms with Crippen LogP contribution in [0.2, 0.25) is 0 Å². The molecule has 0 aromatic heterocycles. The van der Waals surface area contributed by atoms with Gasteiger partial charge >= 0.3 is 0 Å². The summed E-state index contributed by atoms with van der Waals surface area (Å²) in [6.07, 6.45) is 2.98. The summed E-state index contributed by atoms with van der Waals surface area (Å²) in [5.41, 5.74) is 0. The molecule has 1 aliphatic heterocycles. The van der Waals surface area contributed by atoms with E-state index in [-0.39, 0.29) is 0 Å². The van der Waals surface area contributed by atoms with Gasteiger partial charge in [-0.25, -0.2) is 0 Å². The average Bonchev–Trinajstić information content (AvgIpc) is 2.17. The maximum atomic E-state index is 11.1. The van der Waals surface area contributed by atoms with Gasteiger partial charge in [-0.2, -0.15) is 0 Å². The maximum absolute atomic E-state index is 11.1. The minimum atomic E-state index is -0.558. The zero-order chi connectivity index (χ0) is 8.10. The van der Waals surface area contributed by atoms with Crippen LogP contribution in [0.1, 0.15) is 6.42 Å². The summed E-state index contributed by atoms with van der Waals surface area (Å²) >= 11 is 0. The van der Waals surface area contributed by atoms with E-state index in [9.17, 15) is 4.21 Å². The van der Waals surface area contributed by atoms with Crippen LogP contribution in [-0.4, -0.2) is 40.2 Å². The molecule has 3 heteroatoms. The van der Waals surface area contributed by atoms with Gasteiger partial charge in [0, 0.05) is 35.4 Å². The first-order valence-corrected chi connectivity index (χ1v) is 5.50. The van der Waals surface area contributed by atoms with Gasteiger partial charge in [0.15, 0.2) is 0 Å². The van der Waals surface area contributed by atoms with E-state index in [0.29, 0.717) is 0 Å². The van der Waals surface area contributed by atoms with Crippen molar-refractivity contribution in [3.05, 3.63) is 12.7 Å². The molecule has 2 nitrogen and oxygen atoms in total. The Labute approximate surface area is 70.7 Å². The van der Waals surface area contributed by atoms with Crippen molar-refractivity contribution in [2.45, 2.75) is 6.42 Å². The van der Waals surface area contributed by atoms with Crippen LogP contribution in [0.5, 0.6) is 0 Å². The molecule has 0 radical (unpaired) electrons. The summed E-state index contributed by atoms with van der Waals surface area (Å²) in [4.78, 5) is 2.30. The molecule has 0 aromatic carbocycles. The van der Waals surface area contributed by atoms with Gasteiger partial charge in [-0.3, -0.25) is 9.11 Å². The first kappa shape index (κ1) is 8.94. The molecule has 0 aromatic rings. The molecule has 0 N–H and O–H groups in total. The zero-order valence-electron chi connectivity index (χ0n) is 6.79. The Morgan fingerprint density at radius 1 is 1.45 bits per heavy atom. The lowest BCUT2D eigenvalue weighted by molar-refractivity contribution is 0.327. The molecule has 1 atom stereocenters. The van der Waals surface area contributed by atoms with Crippen molar-refractivity contribution in [1.29, 1.82) is 0 Å². The van der Waals surface area contributed by atoms with E-state index in [4.69, 9.17) is 0 Å². The van der Waals surface area contributed by atoms with Crippen LogP contribution in [0.25, 0.3) is 0 Å². The first-order valence-electron chi connectivity index (χ1n) is 4.01. The Morgan fingerprint density at radius 3 is 3.00 bits per heavy atom. The summed E-state index contributed by atoms with van der Waals surface area (Å²) in [7, 11) is -0.558. The van der Waals surface area contributed by atoms with Crippen molar-refractivity contribution in [1.82, 2.24) is 4.90 Å². The van der Waals surface area contributed by atoms with Crippen LogP contribution >= 0.6 is 0 Å². The lowest BCUT2D eigenvalue weighted by Gasteiger charge is -2.15. The molecule has 1 rings (SSSR count). The van der Waals surface area contributed by atoms with Crippen molar-refractivity contribution in [3.63, 3.8) is 0 Å². The highest BCUT2D eigenvalue weighted by Crippen LogP contribution is 2.00. The molecule has 1 fully saturated rings. The van der Waals surface area contributed by atoms with Gasteiger partial charge in [0.25, 0.3) is 0 Å². The normalized spacial score (nSPS) is 27.8. The second kappa shape index (κ2) is 4.67. The summed E-state index contributed by atoms with van der Waals surface area (Å²) in [5, 5.41) is 0. The van der Waals surface area contributed by atoms with E-state index in [2.05, 4.69) is 11.5 Å². The molecule has 0 amide bonds. The topological polar surface area (TPSA) is 20.3 Å². The summed E-state index contributed by atoms with van der Waals surface area (Å²) in [5.74, 6) is 1.72. The second-order valence-corrected chi connectivity index (χ2v) is 4.49. The number of rotatable bonds is 2. The van der Waals surface area contributed by atoms with E-state index in [1.54, 1.807) is 0 Å². The Bertz CT molecular complexity index is 158. The van der Waals surface area contributed by atoms with Gasteiger partial charge in [0.1, 0.15) is 0 Å². The molecule has 1 saturated heterocycles. The highest BCUT2D eigenvalue weighted by Gasteiger charge is 2.10. The van der Waals surface area contributed by atoms with Crippen LogP contribution in [-0.2, 0) is 10.8 Å². The predicted octanol–water partition coefficient (Wildman–Crippen LogP) is 0.627. The quantitative estimate of drug-likeness (QED) is 0.571. The molecule has 0 aliphatic carbocycles. The van der Waals surface area contributed by atoms with Gasteiger partial charge in [-0.1, -0.05) is 6.08 Å². The van der Waals surface area contributed by atoms with E-state index >= 15 is 0 Å². The first-order chi connectivity index (χ1) is 5.33. The SMILES string of the molecule is C=CCN1CCCS(=O)CC1. The largest absolute Gasteiger partial charge is 0.299 e. The fraction of sp³-hybridized carbons (Fsp3) is 0.750. The van der Waals surface area contributed by atoms with Gasteiger partial charge < -0.3 is 0 Å². The Kier molecular flexibility index (Phi) is 3.80. The third-order valence-corrected chi connectivity index (χ3v) is 3.25. The van der Waals surface area contributed by atoms with Crippen LogP contribution < -0.4 is 0 Å². The fourth-order valence-electron chi connectivity index (χ4n) is 1.26. The molecular weight excluding hydrogens is 158 g/mol. The molecule has 1 heterocycles. The molecule has 0 spiro atoms. The highest BCUT2D eigenvalue weighted by molar-refractivity contribution is 7.85. The highest BCUT2D eigenvalue weighted by atomic mass is 32.2. The van der Waals surface area contributed by atoms with Crippen molar-refractivity contribution in [2.75, 3.05) is 31.1 Å². The van der Waals surface area contributed by atoms with Gasteiger partial charge in [0.2, 0.25) is 0 Å². The van der Waals surface area contributed by atoms with Crippen LogP contribution in [0, 0.1) is 0 Å². The Morgan fingerprint density at radius 2 is 2.27 bits per heavy atom. The molecule has 1 unspecified atom stereocenters. The minimum Gasteiger partial charge on any atom is -0.299 e.